The van der Waals surface area contributed by atoms with Crippen LogP contribution in [0.1, 0.15) is 303 Å². The van der Waals surface area contributed by atoms with Crippen molar-refractivity contribution in [2.24, 2.45) is 0 Å². The number of aliphatic hydroxyl groups excluding tert-OH is 2. The van der Waals surface area contributed by atoms with Crippen LogP contribution in [0, 0.1) is 0 Å². The number of rotatable bonds is 52. The van der Waals surface area contributed by atoms with E-state index in [2.05, 4.69) is 43.5 Å². The first-order valence-corrected chi connectivity index (χ1v) is 28.1. The van der Waals surface area contributed by atoms with Crippen LogP contribution in [0.25, 0.3) is 0 Å². The summed E-state index contributed by atoms with van der Waals surface area (Å²) in [6.45, 7) is 4.91. The summed E-state index contributed by atoms with van der Waals surface area (Å²) in [5.41, 5.74) is 0. The van der Waals surface area contributed by atoms with Gasteiger partial charge in [0.2, 0.25) is 5.91 Å². The van der Waals surface area contributed by atoms with Crippen LogP contribution in [-0.4, -0.2) is 47.4 Å². The third-order valence-electron chi connectivity index (χ3n) is 13.0. The molecule has 0 aromatic heterocycles. The molecule has 3 N–H and O–H groups in total. The molecule has 0 aliphatic heterocycles. The van der Waals surface area contributed by atoms with Gasteiger partial charge in [0.05, 0.1) is 25.4 Å². The smallest absolute Gasteiger partial charge is 0.305 e. The Labute approximate surface area is 392 Å². The standard InChI is InChI=1S/C57H109NO5/c1-3-5-7-9-11-13-15-17-19-20-21-22-23-27-31-35-39-43-47-51-57(62)63-52-48-44-40-36-32-28-24-26-30-34-38-42-46-50-56(61)58-54(53-59)55(60)49-45-41-37-33-29-25-18-16-14-12-10-8-6-4-2/h11,13,17,19,54-55,59-60H,3-10,12,14-16,18,20-53H2,1-2H3,(H,58,61)/b13-11-,19-17-. The molecule has 6 heteroatoms. The molecule has 0 spiro atoms. The summed E-state index contributed by atoms with van der Waals surface area (Å²) in [7, 11) is 0. The lowest BCUT2D eigenvalue weighted by atomic mass is 10.0. The van der Waals surface area contributed by atoms with Gasteiger partial charge in [-0.05, 0) is 57.8 Å². The van der Waals surface area contributed by atoms with Crippen molar-refractivity contribution in [3.05, 3.63) is 24.3 Å². The molecule has 1 amide bonds. The third kappa shape index (κ3) is 49.6. The van der Waals surface area contributed by atoms with E-state index in [0.29, 0.717) is 25.9 Å². The Morgan fingerprint density at radius 1 is 0.444 bits per heavy atom. The fraction of sp³-hybridized carbons (Fsp3) is 0.895. The van der Waals surface area contributed by atoms with E-state index in [4.69, 9.17) is 4.74 Å². The summed E-state index contributed by atoms with van der Waals surface area (Å²) in [5.74, 6) is -0.0560. The molecular formula is C57H109NO5. The average Bonchev–Trinajstić information content (AvgIpc) is 3.28. The Morgan fingerprint density at radius 3 is 1.24 bits per heavy atom. The van der Waals surface area contributed by atoms with Crippen molar-refractivity contribution in [2.75, 3.05) is 13.2 Å². The maximum absolute atomic E-state index is 12.5. The fourth-order valence-electron chi connectivity index (χ4n) is 8.67. The van der Waals surface area contributed by atoms with E-state index in [9.17, 15) is 19.8 Å². The zero-order chi connectivity index (χ0) is 45.8. The lowest BCUT2D eigenvalue weighted by Crippen LogP contribution is -2.45. The molecular weight excluding hydrogens is 779 g/mol. The lowest BCUT2D eigenvalue weighted by Gasteiger charge is -2.22. The van der Waals surface area contributed by atoms with E-state index in [1.165, 1.54) is 212 Å². The molecule has 0 radical (unpaired) electrons. The van der Waals surface area contributed by atoms with Crippen LogP contribution in [0.2, 0.25) is 0 Å². The Kier molecular flexibility index (Phi) is 51.6. The Bertz CT molecular complexity index is 982. The summed E-state index contributed by atoms with van der Waals surface area (Å²) in [5, 5.41) is 23.2. The summed E-state index contributed by atoms with van der Waals surface area (Å²) in [4.78, 5) is 24.5. The van der Waals surface area contributed by atoms with Gasteiger partial charge < -0.3 is 20.3 Å². The van der Waals surface area contributed by atoms with Crippen molar-refractivity contribution in [2.45, 2.75) is 315 Å². The highest BCUT2D eigenvalue weighted by molar-refractivity contribution is 5.76. The predicted octanol–water partition coefficient (Wildman–Crippen LogP) is 17.1. The second kappa shape index (κ2) is 53.0. The van der Waals surface area contributed by atoms with Gasteiger partial charge in [-0.2, -0.15) is 0 Å². The van der Waals surface area contributed by atoms with E-state index in [1.807, 2.05) is 0 Å². The van der Waals surface area contributed by atoms with Crippen molar-refractivity contribution in [1.82, 2.24) is 5.32 Å². The quantitative estimate of drug-likeness (QED) is 0.0321. The summed E-state index contributed by atoms with van der Waals surface area (Å²) < 4.78 is 5.48. The minimum atomic E-state index is -0.672. The fourth-order valence-corrected chi connectivity index (χ4v) is 8.67. The monoisotopic (exact) mass is 888 g/mol. The van der Waals surface area contributed by atoms with E-state index in [1.54, 1.807) is 0 Å². The van der Waals surface area contributed by atoms with Crippen LogP contribution in [0.5, 0.6) is 0 Å². The number of nitrogens with one attached hydrogen (secondary N) is 1. The number of hydrogen-bond acceptors (Lipinski definition) is 5. The number of amides is 1. The number of aliphatic hydroxyl groups is 2. The molecule has 0 aliphatic carbocycles. The van der Waals surface area contributed by atoms with Gasteiger partial charge >= 0.3 is 5.97 Å². The summed E-state index contributed by atoms with van der Waals surface area (Å²) >= 11 is 0. The molecule has 0 saturated heterocycles. The van der Waals surface area contributed by atoms with Crippen molar-refractivity contribution in [3.8, 4) is 0 Å². The van der Waals surface area contributed by atoms with E-state index in [-0.39, 0.29) is 18.5 Å². The molecule has 2 unspecified atom stereocenters. The number of unbranched alkanes of at least 4 members (excludes halogenated alkanes) is 37. The maximum Gasteiger partial charge on any atom is 0.305 e. The first kappa shape index (κ1) is 61.3. The van der Waals surface area contributed by atoms with Gasteiger partial charge in [0, 0.05) is 12.8 Å². The van der Waals surface area contributed by atoms with Crippen LogP contribution >= 0.6 is 0 Å². The molecule has 0 saturated carbocycles. The van der Waals surface area contributed by atoms with E-state index >= 15 is 0 Å². The van der Waals surface area contributed by atoms with Crippen molar-refractivity contribution in [3.63, 3.8) is 0 Å². The zero-order valence-electron chi connectivity index (χ0n) is 42.3. The Hall–Kier alpha value is -1.66. The molecule has 0 aliphatic rings. The van der Waals surface area contributed by atoms with E-state index < -0.39 is 12.1 Å². The molecule has 0 aromatic carbocycles. The van der Waals surface area contributed by atoms with Crippen molar-refractivity contribution >= 4 is 11.9 Å². The highest BCUT2D eigenvalue weighted by Crippen LogP contribution is 2.17. The largest absolute Gasteiger partial charge is 0.466 e. The van der Waals surface area contributed by atoms with Gasteiger partial charge in [0.15, 0.2) is 0 Å². The number of carbonyl (C=O) groups excluding carboxylic acids is 2. The molecule has 0 bridgehead atoms. The van der Waals surface area contributed by atoms with Crippen molar-refractivity contribution < 1.29 is 24.5 Å². The maximum atomic E-state index is 12.5. The van der Waals surface area contributed by atoms with Crippen LogP contribution in [0.15, 0.2) is 24.3 Å². The molecule has 0 fully saturated rings. The van der Waals surface area contributed by atoms with Crippen LogP contribution in [-0.2, 0) is 14.3 Å². The first-order valence-electron chi connectivity index (χ1n) is 28.1. The van der Waals surface area contributed by atoms with Crippen LogP contribution < -0.4 is 5.32 Å². The van der Waals surface area contributed by atoms with Crippen LogP contribution in [0.4, 0.5) is 0 Å². The second-order valence-corrected chi connectivity index (χ2v) is 19.3. The number of hydrogen-bond donors (Lipinski definition) is 3. The van der Waals surface area contributed by atoms with Crippen LogP contribution in [0.3, 0.4) is 0 Å². The molecule has 63 heavy (non-hydrogen) atoms. The SMILES string of the molecule is CCCCC/C=C\C/C=C\CCCCCCCCCCCC(=O)OCCCCCCCCCCCCCCCC(=O)NC(CO)C(O)CCCCCCCCCCCCCCCC. The Balaban J connectivity index is 3.43. The number of esters is 1. The van der Waals surface area contributed by atoms with E-state index in [0.717, 1.165) is 57.8 Å². The zero-order valence-corrected chi connectivity index (χ0v) is 42.3. The lowest BCUT2D eigenvalue weighted by molar-refractivity contribution is -0.143. The van der Waals surface area contributed by atoms with Gasteiger partial charge in [-0.3, -0.25) is 9.59 Å². The molecule has 6 nitrogen and oxygen atoms in total. The predicted molar refractivity (Wildman–Crippen MR) is 273 cm³/mol. The second-order valence-electron chi connectivity index (χ2n) is 19.3. The normalized spacial score (nSPS) is 12.8. The number of allylic oxidation sites excluding steroid dienone is 4. The van der Waals surface area contributed by atoms with Gasteiger partial charge in [-0.15, -0.1) is 0 Å². The minimum absolute atomic E-state index is 0.00892. The number of ether oxygens (including phenoxy) is 1. The average molecular weight is 889 g/mol. The van der Waals surface area contributed by atoms with Gasteiger partial charge in [-0.25, -0.2) is 0 Å². The molecule has 0 aromatic rings. The van der Waals surface area contributed by atoms with Gasteiger partial charge in [0.25, 0.3) is 0 Å². The summed E-state index contributed by atoms with van der Waals surface area (Å²) in [6, 6.07) is -0.551. The molecule has 0 heterocycles. The molecule has 372 valence electrons. The van der Waals surface area contributed by atoms with Gasteiger partial charge in [-0.1, -0.05) is 256 Å². The highest BCUT2D eigenvalue weighted by atomic mass is 16.5. The minimum Gasteiger partial charge on any atom is -0.466 e. The highest BCUT2D eigenvalue weighted by Gasteiger charge is 2.20. The van der Waals surface area contributed by atoms with Gasteiger partial charge in [0.1, 0.15) is 0 Å². The topological polar surface area (TPSA) is 95.9 Å². The van der Waals surface area contributed by atoms with Crippen molar-refractivity contribution in [1.29, 1.82) is 0 Å². The third-order valence-corrected chi connectivity index (χ3v) is 13.0. The number of carbonyl (C=O) groups is 2. The first-order chi connectivity index (χ1) is 31.0. The summed E-state index contributed by atoms with van der Waals surface area (Å²) in [6.07, 6.45) is 62.9. The molecule has 0 rings (SSSR count). The Morgan fingerprint density at radius 2 is 0.794 bits per heavy atom. The molecule has 2 atom stereocenters.